The van der Waals surface area contributed by atoms with Gasteiger partial charge in [-0.3, -0.25) is 4.55 Å². The SMILES string of the molecule is O=S(=O)(O)C(F)(F)C(F)(F)OC(F)(F)OC(F)(F)C(F)(F)SOOO. The highest BCUT2D eigenvalue weighted by Gasteiger charge is 2.73. The fourth-order valence-corrected chi connectivity index (χ4v) is 1.29. The van der Waals surface area contributed by atoms with Gasteiger partial charge in [0.1, 0.15) is 12.0 Å². The molecule has 8 nitrogen and oxygen atoms in total. The predicted octanol–water partition coefficient (Wildman–Crippen LogP) is 2.90. The summed E-state index contributed by atoms with van der Waals surface area (Å²) in [7, 11) is -7.12. The van der Waals surface area contributed by atoms with Gasteiger partial charge in [-0.25, -0.2) is 14.7 Å². The molecule has 0 aromatic heterocycles. The molecular formula is C5H2F10O8S2. The lowest BCUT2D eigenvalue weighted by molar-refractivity contribution is -0.538. The van der Waals surface area contributed by atoms with Crippen LogP contribution in [-0.2, 0) is 29.0 Å². The summed E-state index contributed by atoms with van der Waals surface area (Å²) in [5.41, 5.74) is 0. The molecule has 0 aromatic rings. The lowest BCUT2D eigenvalue weighted by atomic mass is 10.6. The number of hydrogen-bond acceptors (Lipinski definition) is 8. The van der Waals surface area contributed by atoms with Gasteiger partial charge in [-0.1, -0.05) is 5.04 Å². The molecule has 0 heterocycles. The zero-order chi connectivity index (χ0) is 20.5. The van der Waals surface area contributed by atoms with Crippen LogP contribution in [0.3, 0.4) is 0 Å². The van der Waals surface area contributed by atoms with Crippen molar-refractivity contribution in [2.24, 2.45) is 0 Å². The van der Waals surface area contributed by atoms with E-state index in [0.29, 0.717) is 0 Å². The van der Waals surface area contributed by atoms with Crippen molar-refractivity contribution in [1.29, 1.82) is 0 Å². The molecule has 0 bridgehead atoms. The van der Waals surface area contributed by atoms with Gasteiger partial charge in [0, 0.05) is 0 Å². The highest BCUT2D eigenvalue weighted by molar-refractivity contribution is 7.95. The molecule has 0 saturated carbocycles. The minimum Gasteiger partial charge on any atom is -0.281 e. The van der Waals surface area contributed by atoms with Crippen LogP contribution >= 0.6 is 12.0 Å². The summed E-state index contributed by atoms with van der Waals surface area (Å²) in [5, 5.41) is -2.85. The van der Waals surface area contributed by atoms with Crippen LogP contribution in [0.1, 0.15) is 0 Å². The van der Waals surface area contributed by atoms with E-state index in [1.807, 2.05) is 4.74 Å². The van der Waals surface area contributed by atoms with Gasteiger partial charge in [0.05, 0.1) is 0 Å². The van der Waals surface area contributed by atoms with Crippen LogP contribution in [0, 0.1) is 0 Å². The molecule has 0 aromatic carbocycles. The highest BCUT2D eigenvalue weighted by atomic mass is 32.2. The van der Waals surface area contributed by atoms with E-state index in [9.17, 15) is 52.3 Å². The lowest BCUT2D eigenvalue weighted by Gasteiger charge is -2.30. The first kappa shape index (κ1) is 24.4. The Bertz CT molecular complexity index is 564. The average molecular weight is 444 g/mol. The van der Waals surface area contributed by atoms with Crippen molar-refractivity contribution in [1.82, 2.24) is 0 Å². The van der Waals surface area contributed by atoms with E-state index in [1.165, 1.54) is 0 Å². The maximum atomic E-state index is 12.8. The smallest absolute Gasteiger partial charge is 0.281 e. The summed E-state index contributed by atoms with van der Waals surface area (Å²) in [6.07, 6.45) is -20.1. The van der Waals surface area contributed by atoms with Crippen molar-refractivity contribution in [3.05, 3.63) is 0 Å². The molecule has 0 rings (SSSR count). The van der Waals surface area contributed by atoms with Gasteiger partial charge in [0.15, 0.2) is 0 Å². The second-order valence-corrected chi connectivity index (χ2v) is 5.71. The highest BCUT2D eigenvalue weighted by Crippen LogP contribution is 2.49. The van der Waals surface area contributed by atoms with Gasteiger partial charge in [-0.05, 0) is 0 Å². The molecule has 0 saturated heterocycles. The summed E-state index contributed by atoms with van der Waals surface area (Å²) in [6, 6.07) is 0. The maximum absolute atomic E-state index is 12.8. The van der Waals surface area contributed by atoms with E-state index < -0.39 is 51.2 Å². The van der Waals surface area contributed by atoms with Crippen LogP contribution in [0.2, 0.25) is 0 Å². The summed E-state index contributed by atoms with van der Waals surface area (Å²) in [4.78, 5) is 0. The third-order valence-electron chi connectivity index (χ3n) is 1.66. The third-order valence-corrected chi connectivity index (χ3v) is 3.13. The van der Waals surface area contributed by atoms with Crippen molar-refractivity contribution in [2.45, 2.75) is 29.0 Å². The Labute approximate surface area is 133 Å². The topological polar surface area (TPSA) is 112 Å². The Morgan fingerprint density at radius 1 is 0.800 bits per heavy atom. The van der Waals surface area contributed by atoms with E-state index in [-0.39, 0.29) is 0 Å². The molecule has 0 aliphatic rings. The maximum Gasteiger partial charge on any atom is 0.495 e. The van der Waals surface area contributed by atoms with E-state index in [1.54, 1.807) is 4.74 Å². The average Bonchev–Trinajstić information content (AvgIpc) is 2.31. The first-order valence-corrected chi connectivity index (χ1v) is 6.83. The second-order valence-electron chi connectivity index (χ2n) is 3.44. The van der Waals surface area contributed by atoms with E-state index in [0.717, 1.165) is 0 Å². The predicted molar refractivity (Wildman–Crippen MR) is 50.8 cm³/mol. The van der Waals surface area contributed by atoms with Crippen LogP contribution in [0.25, 0.3) is 0 Å². The summed E-state index contributed by atoms with van der Waals surface area (Å²) in [5.74, 6) is 0. The molecule has 0 amide bonds. The van der Waals surface area contributed by atoms with Crippen molar-refractivity contribution in [3.8, 4) is 0 Å². The molecule has 20 heteroatoms. The molecule has 25 heavy (non-hydrogen) atoms. The number of alkyl halides is 10. The largest absolute Gasteiger partial charge is 0.495 e. The minimum absolute atomic E-state index is 1.73. The van der Waals surface area contributed by atoms with E-state index in [2.05, 4.69) is 9.37 Å². The van der Waals surface area contributed by atoms with Gasteiger partial charge in [0.2, 0.25) is 0 Å². The van der Waals surface area contributed by atoms with Crippen molar-refractivity contribution < 1.29 is 81.0 Å². The zero-order valence-corrected chi connectivity index (χ0v) is 12.1. The van der Waals surface area contributed by atoms with Gasteiger partial charge in [-0.15, -0.1) is 13.1 Å². The fourth-order valence-electron chi connectivity index (χ4n) is 0.695. The van der Waals surface area contributed by atoms with Gasteiger partial charge in [-0.2, -0.15) is 43.5 Å². The molecule has 0 spiro atoms. The quantitative estimate of drug-likeness (QED) is 0.131. The van der Waals surface area contributed by atoms with Gasteiger partial charge in [0.25, 0.3) is 0 Å². The number of ether oxygens (including phenoxy) is 2. The normalized spacial score (nSPS) is 15.5. The number of halogens is 10. The number of rotatable bonds is 10. The summed E-state index contributed by atoms with van der Waals surface area (Å²) >= 11 is -1.89. The molecule has 0 atom stereocenters. The zero-order valence-electron chi connectivity index (χ0n) is 10.4. The summed E-state index contributed by atoms with van der Waals surface area (Å²) in [6.45, 7) is 0. The van der Waals surface area contributed by atoms with Gasteiger partial charge >= 0.3 is 39.1 Å². The Kier molecular flexibility index (Phi) is 6.99. The van der Waals surface area contributed by atoms with Crippen LogP contribution in [0.4, 0.5) is 43.9 Å². The second kappa shape index (κ2) is 7.17. The van der Waals surface area contributed by atoms with E-state index in [4.69, 9.17) is 9.81 Å². The molecule has 0 aliphatic heterocycles. The molecule has 0 aliphatic carbocycles. The van der Waals surface area contributed by atoms with Gasteiger partial charge < -0.3 is 0 Å². The summed E-state index contributed by atoms with van der Waals surface area (Å²) < 4.78 is 161. The monoisotopic (exact) mass is 444 g/mol. The fraction of sp³-hybridized carbons (Fsp3) is 1.00. The van der Waals surface area contributed by atoms with Crippen molar-refractivity contribution in [2.75, 3.05) is 0 Å². The first-order chi connectivity index (χ1) is 10.7. The minimum atomic E-state index is -7.12. The Morgan fingerprint density at radius 2 is 1.20 bits per heavy atom. The Balaban J connectivity index is 5.46. The van der Waals surface area contributed by atoms with Crippen molar-refractivity contribution >= 4 is 22.2 Å². The first-order valence-electron chi connectivity index (χ1n) is 4.65. The molecular weight excluding hydrogens is 442 g/mol. The van der Waals surface area contributed by atoms with Crippen LogP contribution in [-0.4, -0.2) is 47.2 Å². The standard InChI is InChI=1S/C5H2F10O8S2/c6-1(7,3(10,11)24-23-22-16)20-5(14,15)21-2(8,9)4(12,13)25(17,18)19/h16H,(H,17,18,19). The molecule has 2 N–H and O–H groups in total. The van der Waals surface area contributed by atoms with E-state index >= 15 is 0 Å². The van der Waals surface area contributed by atoms with Crippen LogP contribution in [0.5, 0.6) is 0 Å². The Morgan fingerprint density at radius 3 is 1.56 bits per heavy atom. The Hall–Kier alpha value is -0.640. The van der Waals surface area contributed by atoms with Crippen LogP contribution in [0.15, 0.2) is 0 Å². The molecule has 0 fully saturated rings. The lowest BCUT2D eigenvalue weighted by Crippen LogP contribution is -2.54. The number of hydrogen-bond donors (Lipinski definition) is 2. The third kappa shape index (κ3) is 5.67. The van der Waals surface area contributed by atoms with Crippen LogP contribution < -0.4 is 0 Å². The molecule has 0 radical (unpaired) electrons. The molecule has 152 valence electrons. The molecule has 0 unspecified atom stereocenters. The van der Waals surface area contributed by atoms with Crippen molar-refractivity contribution in [3.63, 3.8) is 0 Å².